The maximum Gasteiger partial charge on any atom is 0.263 e. The van der Waals surface area contributed by atoms with Crippen LogP contribution in [0, 0.1) is 6.92 Å². The Bertz CT molecular complexity index is 642. The maximum absolute atomic E-state index is 12.2. The smallest absolute Gasteiger partial charge is 0.263 e. The van der Waals surface area contributed by atoms with Crippen molar-refractivity contribution < 1.29 is 9.90 Å². The topological polar surface area (TPSA) is 62.2 Å². The Morgan fingerprint density at radius 1 is 1.52 bits per heavy atom. The highest BCUT2D eigenvalue weighted by Crippen LogP contribution is 2.29. The number of carbonyl (C=O) groups excluding carboxylic acids is 1. The van der Waals surface area contributed by atoms with Crippen LogP contribution in [-0.4, -0.2) is 28.6 Å². The summed E-state index contributed by atoms with van der Waals surface area (Å²) in [6.45, 7) is 3.73. The Kier molecular flexibility index (Phi) is 5.33. The summed E-state index contributed by atoms with van der Waals surface area (Å²) >= 11 is 7.33. The van der Waals surface area contributed by atoms with Crippen LogP contribution in [0.5, 0.6) is 0 Å². The lowest BCUT2D eigenvalue weighted by atomic mass is 10.2. The molecule has 6 heteroatoms. The zero-order chi connectivity index (χ0) is 15.4. The van der Waals surface area contributed by atoms with Crippen LogP contribution in [0.4, 0.5) is 0 Å². The number of benzene rings is 1. The molecular formula is C15H17ClN2O2S. The van der Waals surface area contributed by atoms with Gasteiger partial charge in [0.05, 0.1) is 5.69 Å². The molecule has 2 aromatic rings. The van der Waals surface area contributed by atoms with E-state index in [1.807, 2.05) is 32.0 Å². The second-order valence-corrected chi connectivity index (χ2v) is 6.27. The molecule has 1 aromatic heterocycles. The van der Waals surface area contributed by atoms with Crippen LogP contribution >= 0.6 is 22.9 Å². The standard InChI is InChI=1S/C15H17ClN2O2S/c1-9(6-7-19)17-14(20)13-10(2)18-15(21-13)11-4-3-5-12(16)8-11/h3-5,8-9,19H,6-7H2,1-2H3,(H,17,20). The Morgan fingerprint density at radius 3 is 2.95 bits per heavy atom. The summed E-state index contributed by atoms with van der Waals surface area (Å²) in [5.41, 5.74) is 1.60. The fourth-order valence-corrected chi connectivity index (χ4v) is 3.06. The Morgan fingerprint density at radius 2 is 2.29 bits per heavy atom. The highest BCUT2D eigenvalue weighted by molar-refractivity contribution is 7.17. The van der Waals surface area contributed by atoms with Gasteiger partial charge in [-0.25, -0.2) is 4.98 Å². The highest BCUT2D eigenvalue weighted by atomic mass is 35.5. The minimum absolute atomic E-state index is 0.0525. The first-order valence-corrected chi connectivity index (χ1v) is 7.85. The molecule has 1 heterocycles. The number of halogens is 1. The van der Waals surface area contributed by atoms with Crippen molar-refractivity contribution in [3.8, 4) is 10.6 Å². The molecule has 0 aliphatic rings. The summed E-state index contributed by atoms with van der Waals surface area (Å²) in [6, 6.07) is 7.34. The lowest BCUT2D eigenvalue weighted by molar-refractivity contribution is 0.0937. The number of aliphatic hydroxyl groups excluding tert-OH is 1. The molecule has 1 amide bonds. The van der Waals surface area contributed by atoms with Gasteiger partial charge < -0.3 is 10.4 Å². The SMILES string of the molecule is Cc1nc(-c2cccc(Cl)c2)sc1C(=O)NC(C)CCO. The van der Waals surface area contributed by atoms with Gasteiger partial charge in [0.2, 0.25) is 0 Å². The van der Waals surface area contributed by atoms with Gasteiger partial charge in [-0.2, -0.15) is 0 Å². The minimum Gasteiger partial charge on any atom is -0.396 e. The molecule has 2 rings (SSSR count). The third-order valence-electron chi connectivity index (χ3n) is 3.01. The Hall–Kier alpha value is -1.43. The average Bonchev–Trinajstić information content (AvgIpc) is 2.81. The molecule has 0 radical (unpaired) electrons. The number of hydrogen-bond donors (Lipinski definition) is 2. The van der Waals surface area contributed by atoms with Gasteiger partial charge in [0.15, 0.2) is 0 Å². The van der Waals surface area contributed by atoms with E-state index in [0.717, 1.165) is 10.6 Å². The number of aryl methyl sites for hydroxylation is 1. The molecule has 0 saturated heterocycles. The lowest BCUT2D eigenvalue weighted by Gasteiger charge is -2.11. The van der Waals surface area contributed by atoms with E-state index < -0.39 is 0 Å². The van der Waals surface area contributed by atoms with Crippen molar-refractivity contribution in [1.29, 1.82) is 0 Å². The molecule has 1 unspecified atom stereocenters. The molecule has 1 aromatic carbocycles. The molecule has 2 N–H and O–H groups in total. The number of aromatic nitrogens is 1. The first-order valence-electron chi connectivity index (χ1n) is 6.66. The third-order valence-corrected chi connectivity index (χ3v) is 4.45. The van der Waals surface area contributed by atoms with Crippen LogP contribution in [-0.2, 0) is 0 Å². The van der Waals surface area contributed by atoms with Crippen LogP contribution in [0.15, 0.2) is 24.3 Å². The van der Waals surface area contributed by atoms with Crippen LogP contribution in [0.25, 0.3) is 10.6 Å². The summed E-state index contributed by atoms with van der Waals surface area (Å²) in [6.07, 6.45) is 0.532. The molecule has 4 nitrogen and oxygen atoms in total. The van der Waals surface area contributed by atoms with Gasteiger partial charge in [-0.1, -0.05) is 23.7 Å². The number of nitrogens with one attached hydrogen (secondary N) is 1. The predicted octanol–water partition coefficient (Wildman–Crippen LogP) is 3.27. The Labute approximate surface area is 132 Å². The summed E-state index contributed by atoms with van der Waals surface area (Å²) in [7, 11) is 0. The summed E-state index contributed by atoms with van der Waals surface area (Å²) in [5, 5.41) is 13.2. The second-order valence-electron chi connectivity index (χ2n) is 4.83. The average molecular weight is 325 g/mol. The van der Waals surface area contributed by atoms with Crippen molar-refractivity contribution in [2.24, 2.45) is 0 Å². The predicted molar refractivity (Wildman–Crippen MR) is 85.9 cm³/mol. The first kappa shape index (κ1) is 15.9. The molecule has 0 saturated carbocycles. The minimum atomic E-state index is -0.153. The van der Waals surface area contributed by atoms with E-state index in [4.69, 9.17) is 16.7 Å². The van der Waals surface area contributed by atoms with Crippen molar-refractivity contribution in [2.45, 2.75) is 26.3 Å². The van der Waals surface area contributed by atoms with Gasteiger partial charge in [0.25, 0.3) is 5.91 Å². The maximum atomic E-state index is 12.2. The van der Waals surface area contributed by atoms with E-state index in [-0.39, 0.29) is 18.6 Å². The molecule has 0 aliphatic carbocycles. The van der Waals surface area contributed by atoms with Gasteiger partial charge in [0.1, 0.15) is 9.88 Å². The molecule has 0 aliphatic heterocycles. The highest BCUT2D eigenvalue weighted by Gasteiger charge is 2.17. The van der Waals surface area contributed by atoms with Crippen molar-refractivity contribution in [3.05, 3.63) is 39.9 Å². The molecule has 0 spiro atoms. The zero-order valence-corrected chi connectivity index (χ0v) is 13.5. The first-order chi connectivity index (χ1) is 10.0. The van der Waals surface area contributed by atoms with Crippen LogP contribution < -0.4 is 5.32 Å². The largest absolute Gasteiger partial charge is 0.396 e. The number of aliphatic hydroxyl groups is 1. The fraction of sp³-hybridized carbons (Fsp3) is 0.333. The number of amides is 1. The normalized spacial score (nSPS) is 12.2. The third kappa shape index (κ3) is 4.03. The van der Waals surface area contributed by atoms with Gasteiger partial charge in [-0.05, 0) is 32.4 Å². The lowest BCUT2D eigenvalue weighted by Crippen LogP contribution is -2.33. The summed E-state index contributed by atoms with van der Waals surface area (Å²) in [5.74, 6) is -0.153. The zero-order valence-electron chi connectivity index (χ0n) is 11.9. The van der Waals surface area contributed by atoms with Crippen LogP contribution in [0.2, 0.25) is 5.02 Å². The van der Waals surface area contributed by atoms with E-state index >= 15 is 0 Å². The van der Waals surface area contributed by atoms with Crippen molar-refractivity contribution in [2.75, 3.05) is 6.61 Å². The van der Waals surface area contributed by atoms with Crippen LogP contribution in [0.3, 0.4) is 0 Å². The summed E-state index contributed by atoms with van der Waals surface area (Å²) in [4.78, 5) is 17.3. The van der Waals surface area contributed by atoms with Crippen molar-refractivity contribution in [1.82, 2.24) is 10.3 Å². The van der Waals surface area contributed by atoms with E-state index in [1.165, 1.54) is 11.3 Å². The number of thiazole rings is 1. The van der Waals surface area contributed by atoms with Gasteiger partial charge in [-0.15, -0.1) is 11.3 Å². The van der Waals surface area contributed by atoms with Crippen molar-refractivity contribution in [3.63, 3.8) is 0 Å². The van der Waals surface area contributed by atoms with E-state index in [1.54, 1.807) is 6.07 Å². The Balaban J connectivity index is 2.21. The molecule has 0 fully saturated rings. The van der Waals surface area contributed by atoms with Gasteiger partial charge in [-0.3, -0.25) is 4.79 Å². The van der Waals surface area contributed by atoms with E-state index in [2.05, 4.69) is 10.3 Å². The van der Waals surface area contributed by atoms with E-state index in [0.29, 0.717) is 22.0 Å². The van der Waals surface area contributed by atoms with Crippen LogP contribution in [0.1, 0.15) is 28.7 Å². The molecule has 21 heavy (non-hydrogen) atoms. The molecule has 0 bridgehead atoms. The van der Waals surface area contributed by atoms with Crippen molar-refractivity contribution >= 4 is 28.8 Å². The summed E-state index contributed by atoms with van der Waals surface area (Å²) < 4.78 is 0. The number of hydrogen-bond acceptors (Lipinski definition) is 4. The second kappa shape index (κ2) is 7.02. The molecule has 1 atom stereocenters. The van der Waals surface area contributed by atoms with E-state index in [9.17, 15) is 4.79 Å². The number of nitrogens with zero attached hydrogens (tertiary/aromatic N) is 1. The number of rotatable bonds is 5. The molecule has 112 valence electrons. The van der Waals surface area contributed by atoms with Gasteiger partial charge in [0, 0.05) is 23.2 Å². The number of carbonyl (C=O) groups is 1. The monoisotopic (exact) mass is 324 g/mol. The van der Waals surface area contributed by atoms with Gasteiger partial charge >= 0.3 is 0 Å². The quantitative estimate of drug-likeness (QED) is 0.887. The molecular weight excluding hydrogens is 308 g/mol. The fourth-order valence-electron chi connectivity index (χ4n) is 1.91.